The van der Waals surface area contributed by atoms with Crippen LogP contribution in [0.5, 0.6) is 0 Å². The van der Waals surface area contributed by atoms with Crippen LogP contribution >= 0.6 is 11.8 Å². The minimum absolute atomic E-state index is 0.119. The highest BCUT2D eigenvalue weighted by molar-refractivity contribution is 8.13. The number of nitrogens with two attached hydrogens (primary N) is 1. The molecule has 0 saturated heterocycles. The van der Waals surface area contributed by atoms with E-state index in [-0.39, 0.29) is 5.17 Å². The molecule has 106 valence electrons. The summed E-state index contributed by atoms with van der Waals surface area (Å²) in [6.07, 6.45) is 2.08. The van der Waals surface area contributed by atoms with E-state index >= 15 is 0 Å². The van der Waals surface area contributed by atoms with E-state index in [0.717, 1.165) is 16.8 Å². The second-order valence-electron chi connectivity index (χ2n) is 5.09. The average Bonchev–Trinajstić information content (AvgIpc) is 2.77. The second-order valence-corrected chi connectivity index (χ2v) is 6.18. The number of rotatable bonds is 3. The predicted octanol–water partition coefficient (Wildman–Crippen LogP) is 3.98. The Labute approximate surface area is 128 Å². The summed E-state index contributed by atoms with van der Waals surface area (Å²) in [5, 5.41) is 8.76. The van der Waals surface area contributed by atoms with E-state index in [1.165, 1.54) is 28.4 Å². The normalized spacial score (nSPS) is 10.9. The van der Waals surface area contributed by atoms with Gasteiger partial charge in [-0.25, -0.2) is 0 Å². The fourth-order valence-corrected chi connectivity index (χ4v) is 3.25. The third-order valence-electron chi connectivity index (χ3n) is 3.41. The highest BCUT2D eigenvalue weighted by Crippen LogP contribution is 2.30. The molecule has 0 unspecified atom stereocenters. The molecule has 0 aliphatic carbocycles. The van der Waals surface area contributed by atoms with Crippen molar-refractivity contribution < 1.29 is 0 Å². The van der Waals surface area contributed by atoms with Gasteiger partial charge in [0, 0.05) is 28.5 Å². The molecule has 0 aliphatic heterocycles. The lowest BCUT2D eigenvalue weighted by Gasteiger charge is -2.06. The number of amidine groups is 1. The Balaban J connectivity index is 2.04. The fraction of sp³-hybridized carbons (Fsp3) is 0.118. The van der Waals surface area contributed by atoms with Crippen molar-refractivity contribution in [2.75, 3.05) is 0 Å². The standard InChI is InChI=1S/C17H17N3S/c1-12-5-4-6-13(9-12)10-20-11-16(21-17(18)19)14-7-2-3-8-15(14)20/h2-9,11H,10H2,1H3,(H3,18,19). The van der Waals surface area contributed by atoms with Crippen molar-refractivity contribution in [2.45, 2.75) is 18.4 Å². The van der Waals surface area contributed by atoms with Gasteiger partial charge in [-0.2, -0.15) is 0 Å². The van der Waals surface area contributed by atoms with E-state index in [4.69, 9.17) is 11.1 Å². The maximum absolute atomic E-state index is 7.50. The zero-order valence-corrected chi connectivity index (χ0v) is 12.7. The molecule has 3 rings (SSSR count). The van der Waals surface area contributed by atoms with Gasteiger partial charge in [0.15, 0.2) is 5.17 Å². The van der Waals surface area contributed by atoms with Crippen LogP contribution in [0.4, 0.5) is 0 Å². The van der Waals surface area contributed by atoms with Gasteiger partial charge in [-0.15, -0.1) is 0 Å². The Morgan fingerprint density at radius 3 is 2.76 bits per heavy atom. The lowest BCUT2D eigenvalue weighted by atomic mass is 10.1. The zero-order valence-electron chi connectivity index (χ0n) is 11.8. The predicted molar refractivity (Wildman–Crippen MR) is 90.0 cm³/mol. The van der Waals surface area contributed by atoms with Crippen LogP contribution in [-0.2, 0) is 6.54 Å². The summed E-state index contributed by atoms with van der Waals surface area (Å²) in [6, 6.07) is 16.8. The number of fused-ring (bicyclic) bond motifs is 1. The zero-order chi connectivity index (χ0) is 14.8. The molecule has 0 amide bonds. The molecule has 21 heavy (non-hydrogen) atoms. The number of hydrogen-bond acceptors (Lipinski definition) is 2. The molecule has 0 atom stereocenters. The molecule has 1 aromatic heterocycles. The van der Waals surface area contributed by atoms with Crippen LogP contribution in [0.3, 0.4) is 0 Å². The van der Waals surface area contributed by atoms with E-state index in [0.29, 0.717) is 0 Å². The molecule has 0 bridgehead atoms. The summed E-state index contributed by atoms with van der Waals surface area (Å²) in [5.41, 5.74) is 9.24. The van der Waals surface area contributed by atoms with Gasteiger partial charge in [-0.05, 0) is 18.6 Å². The molecule has 0 spiro atoms. The molecule has 0 radical (unpaired) electrons. The Kier molecular flexibility index (Phi) is 3.71. The first-order chi connectivity index (χ1) is 10.1. The molecule has 4 heteroatoms. The molecule has 1 heterocycles. The van der Waals surface area contributed by atoms with Gasteiger partial charge in [-0.1, -0.05) is 59.8 Å². The van der Waals surface area contributed by atoms with Crippen LogP contribution in [0.15, 0.2) is 59.6 Å². The highest BCUT2D eigenvalue weighted by atomic mass is 32.2. The molecule has 2 aromatic carbocycles. The van der Waals surface area contributed by atoms with E-state index in [9.17, 15) is 0 Å². The van der Waals surface area contributed by atoms with Gasteiger partial charge in [0.2, 0.25) is 0 Å². The van der Waals surface area contributed by atoms with Crippen molar-refractivity contribution in [1.82, 2.24) is 4.57 Å². The van der Waals surface area contributed by atoms with E-state index < -0.39 is 0 Å². The first kappa shape index (κ1) is 13.8. The maximum Gasteiger partial charge on any atom is 0.156 e. The molecular weight excluding hydrogens is 278 g/mol. The molecule has 3 aromatic rings. The summed E-state index contributed by atoms with van der Waals surface area (Å²) >= 11 is 1.30. The molecular formula is C17H17N3S. The van der Waals surface area contributed by atoms with Gasteiger partial charge in [0.1, 0.15) is 0 Å². The molecule has 3 N–H and O–H groups in total. The molecule has 0 saturated carbocycles. The topological polar surface area (TPSA) is 54.8 Å². The summed E-state index contributed by atoms with van der Waals surface area (Å²) in [7, 11) is 0. The van der Waals surface area contributed by atoms with E-state index in [2.05, 4.69) is 54.1 Å². The summed E-state index contributed by atoms with van der Waals surface area (Å²) < 4.78 is 2.22. The SMILES string of the molecule is Cc1cccc(Cn2cc(SC(=N)N)c3ccccc32)c1. The van der Waals surface area contributed by atoms with Crippen LogP contribution in [0.1, 0.15) is 11.1 Å². The van der Waals surface area contributed by atoms with Gasteiger partial charge in [0.25, 0.3) is 0 Å². The van der Waals surface area contributed by atoms with Crippen LogP contribution in [0.2, 0.25) is 0 Å². The smallest absolute Gasteiger partial charge is 0.156 e. The Morgan fingerprint density at radius 1 is 1.19 bits per heavy atom. The number of aromatic nitrogens is 1. The van der Waals surface area contributed by atoms with E-state index in [1.807, 2.05) is 12.1 Å². The maximum atomic E-state index is 7.50. The number of thioether (sulfide) groups is 1. The lowest BCUT2D eigenvalue weighted by Crippen LogP contribution is -2.02. The van der Waals surface area contributed by atoms with E-state index in [1.54, 1.807) is 0 Å². The molecule has 0 fully saturated rings. The van der Waals surface area contributed by atoms with Crippen LogP contribution in [-0.4, -0.2) is 9.73 Å². The molecule has 3 nitrogen and oxygen atoms in total. The molecule has 0 aliphatic rings. The Hall–Kier alpha value is -2.20. The van der Waals surface area contributed by atoms with Gasteiger partial charge in [-0.3, -0.25) is 5.41 Å². The van der Waals surface area contributed by atoms with Crippen LogP contribution < -0.4 is 5.73 Å². The summed E-state index contributed by atoms with van der Waals surface area (Å²) in [5.74, 6) is 0. The first-order valence-electron chi connectivity index (χ1n) is 6.79. The fourth-order valence-electron chi connectivity index (χ4n) is 2.55. The Morgan fingerprint density at radius 2 is 2.00 bits per heavy atom. The Bertz CT molecular complexity index is 805. The monoisotopic (exact) mass is 295 g/mol. The number of para-hydroxylation sites is 1. The van der Waals surface area contributed by atoms with Crippen LogP contribution in [0, 0.1) is 12.3 Å². The van der Waals surface area contributed by atoms with Crippen molar-refractivity contribution in [3.63, 3.8) is 0 Å². The first-order valence-corrected chi connectivity index (χ1v) is 7.60. The minimum Gasteiger partial charge on any atom is -0.378 e. The lowest BCUT2D eigenvalue weighted by molar-refractivity contribution is 0.829. The number of nitrogens with zero attached hydrogens (tertiary/aromatic N) is 1. The number of hydrogen-bond donors (Lipinski definition) is 2. The van der Waals surface area contributed by atoms with Gasteiger partial charge < -0.3 is 10.3 Å². The van der Waals surface area contributed by atoms with Gasteiger partial charge >= 0.3 is 0 Å². The largest absolute Gasteiger partial charge is 0.378 e. The highest BCUT2D eigenvalue weighted by Gasteiger charge is 2.10. The second kappa shape index (κ2) is 5.66. The third kappa shape index (κ3) is 2.95. The summed E-state index contributed by atoms with van der Waals surface area (Å²) in [6.45, 7) is 2.93. The van der Waals surface area contributed by atoms with Crippen molar-refractivity contribution in [2.24, 2.45) is 5.73 Å². The number of aryl methyl sites for hydroxylation is 1. The summed E-state index contributed by atoms with van der Waals surface area (Å²) in [4.78, 5) is 1.03. The number of nitrogens with one attached hydrogen (secondary N) is 1. The quantitative estimate of drug-likeness (QED) is 0.436. The average molecular weight is 295 g/mol. The van der Waals surface area contributed by atoms with Crippen molar-refractivity contribution in [3.8, 4) is 0 Å². The van der Waals surface area contributed by atoms with Crippen molar-refractivity contribution in [3.05, 3.63) is 65.9 Å². The van der Waals surface area contributed by atoms with Crippen molar-refractivity contribution in [1.29, 1.82) is 5.41 Å². The van der Waals surface area contributed by atoms with Crippen molar-refractivity contribution >= 4 is 27.8 Å². The van der Waals surface area contributed by atoms with Crippen LogP contribution in [0.25, 0.3) is 10.9 Å². The van der Waals surface area contributed by atoms with Gasteiger partial charge in [0.05, 0.1) is 0 Å². The minimum atomic E-state index is 0.119. The number of benzene rings is 2. The third-order valence-corrected chi connectivity index (χ3v) is 4.17.